The van der Waals surface area contributed by atoms with Crippen molar-refractivity contribution in [2.75, 3.05) is 39.3 Å². The van der Waals surface area contributed by atoms with Crippen LogP contribution in [0.15, 0.2) is 0 Å². The van der Waals surface area contributed by atoms with Crippen LogP contribution < -0.4 is 11.1 Å². The summed E-state index contributed by atoms with van der Waals surface area (Å²) >= 11 is 0. The first kappa shape index (κ1) is 15.6. The molecule has 6 heteroatoms. The molecule has 0 unspecified atom stereocenters. The summed E-state index contributed by atoms with van der Waals surface area (Å²) in [5.41, 5.74) is 5.49. The number of hydrogen-bond donors (Lipinski definition) is 2. The van der Waals surface area contributed by atoms with E-state index in [4.69, 9.17) is 19.9 Å². The van der Waals surface area contributed by atoms with Gasteiger partial charge in [0.15, 0.2) is 5.79 Å². The Balaban J connectivity index is 1.48. The molecule has 6 nitrogen and oxygen atoms in total. The summed E-state index contributed by atoms with van der Waals surface area (Å²) in [4.78, 5) is 2.48. The summed E-state index contributed by atoms with van der Waals surface area (Å²) in [5, 5.41) is 3.44. The second-order valence-electron chi connectivity index (χ2n) is 6.76. The zero-order chi connectivity index (χ0) is 14.9. The predicted molar refractivity (Wildman–Crippen MR) is 80.1 cm³/mol. The molecule has 0 saturated carbocycles. The maximum absolute atomic E-state index is 6.13. The molecular formula is C15H29N3O3. The van der Waals surface area contributed by atoms with Gasteiger partial charge in [-0.1, -0.05) is 0 Å². The average Bonchev–Trinajstić information content (AvgIpc) is 2.80. The Morgan fingerprint density at radius 2 is 1.95 bits per heavy atom. The molecule has 4 atom stereocenters. The summed E-state index contributed by atoms with van der Waals surface area (Å²) in [7, 11) is 0. The minimum absolute atomic E-state index is 0.0954. The van der Waals surface area contributed by atoms with Crippen molar-refractivity contribution in [2.24, 2.45) is 5.73 Å². The van der Waals surface area contributed by atoms with Crippen molar-refractivity contribution in [2.45, 2.75) is 56.9 Å². The molecule has 122 valence electrons. The Bertz CT molecular complexity index is 353. The van der Waals surface area contributed by atoms with Gasteiger partial charge in [0.2, 0.25) is 0 Å². The summed E-state index contributed by atoms with van der Waals surface area (Å²) in [6.45, 7) is 9.83. The molecule has 3 N–H and O–H groups in total. The fraction of sp³-hybridized carbons (Fsp3) is 1.00. The fourth-order valence-corrected chi connectivity index (χ4v) is 3.60. The maximum Gasteiger partial charge on any atom is 0.164 e. The lowest BCUT2D eigenvalue weighted by Crippen LogP contribution is -2.43. The standard InChI is InChI=1S/C15H29N3O3/c1-15(2)20-13-11-4-8-18(9-7-17-6-3-5-16)10-12(19-11)14(13)21-15/h11-14,17H,3-10,16H2,1-2H3/t11-,12+,13-,14+/m0/s1. The van der Waals surface area contributed by atoms with E-state index in [1.807, 2.05) is 13.8 Å². The van der Waals surface area contributed by atoms with Crippen LogP contribution in [-0.4, -0.2) is 74.4 Å². The Morgan fingerprint density at radius 1 is 1.19 bits per heavy atom. The second kappa shape index (κ2) is 6.48. The molecule has 0 aromatic carbocycles. The van der Waals surface area contributed by atoms with Crippen molar-refractivity contribution in [1.82, 2.24) is 10.2 Å². The van der Waals surface area contributed by atoms with Gasteiger partial charge in [-0.05, 0) is 39.8 Å². The minimum Gasteiger partial charge on any atom is -0.368 e. The van der Waals surface area contributed by atoms with Crippen molar-refractivity contribution in [1.29, 1.82) is 0 Å². The first-order valence-corrected chi connectivity index (χ1v) is 8.23. The van der Waals surface area contributed by atoms with Crippen LogP contribution >= 0.6 is 0 Å². The normalized spacial score (nSPS) is 38.4. The van der Waals surface area contributed by atoms with Crippen LogP contribution in [0.4, 0.5) is 0 Å². The smallest absolute Gasteiger partial charge is 0.164 e. The summed E-state index contributed by atoms with van der Waals surface area (Å²) < 4.78 is 18.2. The molecule has 3 aliphatic heterocycles. The zero-order valence-electron chi connectivity index (χ0n) is 13.2. The van der Waals surface area contributed by atoms with Gasteiger partial charge in [0.25, 0.3) is 0 Å². The molecule has 0 spiro atoms. The van der Waals surface area contributed by atoms with Gasteiger partial charge in [-0.2, -0.15) is 0 Å². The van der Waals surface area contributed by atoms with Crippen LogP contribution in [0.1, 0.15) is 26.7 Å². The Labute approximate surface area is 127 Å². The molecule has 0 aromatic rings. The first-order valence-electron chi connectivity index (χ1n) is 8.23. The molecule has 3 rings (SSSR count). The highest BCUT2D eigenvalue weighted by Gasteiger charge is 2.55. The van der Waals surface area contributed by atoms with E-state index in [9.17, 15) is 0 Å². The molecule has 0 radical (unpaired) electrons. The van der Waals surface area contributed by atoms with E-state index in [-0.39, 0.29) is 24.4 Å². The van der Waals surface area contributed by atoms with E-state index < -0.39 is 5.79 Å². The topological polar surface area (TPSA) is 69.0 Å². The molecule has 0 aliphatic carbocycles. The second-order valence-corrected chi connectivity index (χ2v) is 6.76. The van der Waals surface area contributed by atoms with E-state index in [1.54, 1.807) is 0 Å². The highest BCUT2D eigenvalue weighted by molar-refractivity contribution is 5.01. The van der Waals surface area contributed by atoms with Crippen molar-refractivity contribution >= 4 is 0 Å². The van der Waals surface area contributed by atoms with E-state index in [2.05, 4.69) is 10.2 Å². The van der Waals surface area contributed by atoms with E-state index >= 15 is 0 Å². The van der Waals surface area contributed by atoms with E-state index in [1.165, 1.54) is 0 Å². The van der Waals surface area contributed by atoms with Gasteiger partial charge in [-0.15, -0.1) is 0 Å². The lowest BCUT2D eigenvalue weighted by atomic mass is 10.0. The number of hydrogen-bond acceptors (Lipinski definition) is 6. The highest BCUT2D eigenvalue weighted by Crippen LogP contribution is 2.41. The molecule has 2 bridgehead atoms. The molecule has 0 amide bonds. The molecular weight excluding hydrogens is 270 g/mol. The van der Waals surface area contributed by atoms with Crippen molar-refractivity contribution in [3.05, 3.63) is 0 Å². The lowest BCUT2D eigenvalue weighted by molar-refractivity contribution is -0.185. The van der Waals surface area contributed by atoms with Gasteiger partial charge in [-0.25, -0.2) is 0 Å². The number of fused-ring (bicyclic) bond motifs is 5. The van der Waals surface area contributed by atoms with Gasteiger partial charge < -0.3 is 25.3 Å². The molecule has 3 saturated heterocycles. The SMILES string of the molecule is CC1(C)O[C@@H]2[C@H](O1)[C@H]1CN(CCNCCCN)CC[C@@H]2O1. The molecule has 21 heavy (non-hydrogen) atoms. The van der Waals surface area contributed by atoms with Crippen LogP contribution in [0, 0.1) is 0 Å². The van der Waals surface area contributed by atoms with Crippen molar-refractivity contribution in [3.63, 3.8) is 0 Å². The van der Waals surface area contributed by atoms with Crippen molar-refractivity contribution in [3.8, 4) is 0 Å². The van der Waals surface area contributed by atoms with E-state index in [0.29, 0.717) is 0 Å². The van der Waals surface area contributed by atoms with Gasteiger partial charge in [0.05, 0.1) is 12.2 Å². The van der Waals surface area contributed by atoms with Crippen molar-refractivity contribution < 1.29 is 14.2 Å². The highest BCUT2D eigenvalue weighted by atomic mass is 16.8. The maximum atomic E-state index is 6.13. The number of ether oxygens (including phenoxy) is 3. The summed E-state index contributed by atoms with van der Waals surface area (Å²) in [5.74, 6) is -0.464. The number of nitrogens with zero attached hydrogens (tertiary/aromatic N) is 1. The number of likely N-dealkylation sites (tertiary alicyclic amines) is 1. The summed E-state index contributed by atoms with van der Waals surface area (Å²) in [6.07, 6.45) is 2.62. The zero-order valence-corrected chi connectivity index (χ0v) is 13.2. The average molecular weight is 299 g/mol. The fourth-order valence-electron chi connectivity index (χ4n) is 3.60. The lowest BCUT2D eigenvalue weighted by Gasteiger charge is -2.26. The van der Waals surface area contributed by atoms with E-state index in [0.717, 1.165) is 52.1 Å². The summed E-state index contributed by atoms with van der Waals surface area (Å²) in [6, 6.07) is 0. The third kappa shape index (κ3) is 3.57. The largest absolute Gasteiger partial charge is 0.368 e. The molecule has 3 aliphatic rings. The van der Waals surface area contributed by atoms with Crippen LogP contribution in [-0.2, 0) is 14.2 Å². The van der Waals surface area contributed by atoms with Crippen LogP contribution in [0.2, 0.25) is 0 Å². The molecule has 0 aromatic heterocycles. The monoisotopic (exact) mass is 299 g/mol. The molecule has 3 fully saturated rings. The number of rotatable bonds is 6. The number of nitrogens with two attached hydrogens (primary N) is 1. The Hall–Kier alpha value is -0.240. The Kier molecular flexibility index (Phi) is 4.83. The molecule has 3 heterocycles. The third-order valence-corrected chi connectivity index (χ3v) is 4.58. The van der Waals surface area contributed by atoms with Crippen LogP contribution in [0.5, 0.6) is 0 Å². The minimum atomic E-state index is -0.464. The van der Waals surface area contributed by atoms with Gasteiger partial charge in [0, 0.05) is 26.2 Å². The van der Waals surface area contributed by atoms with Gasteiger partial charge >= 0.3 is 0 Å². The van der Waals surface area contributed by atoms with Crippen LogP contribution in [0.3, 0.4) is 0 Å². The quantitative estimate of drug-likeness (QED) is 0.669. The van der Waals surface area contributed by atoms with Crippen LogP contribution in [0.25, 0.3) is 0 Å². The first-order chi connectivity index (χ1) is 10.1. The third-order valence-electron chi connectivity index (χ3n) is 4.58. The predicted octanol–water partition coefficient (Wildman–Crippen LogP) is -0.0820. The Morgan fingerprint density at radius 3 is 2.71 bits per heavy atom. The van der Waals surface area contributed by atoms with Gasteiger partial charge in [0.1, 0.15) is 12.2 Å². The number of nitrogens with one attached hydrogen (secondary N) is 1. The van der Waals surface area contributed by atoms with Gasteiger partial charge in [-0.3, -0.25) is 4.90 Å².